The monoisotopic (exact) mass is 177 g/mol. The Kier molecular flexibility index (Phi) is 2.54. The van der Waals surface area contributed by atoms with Gasteiger partial charge in [0.15, 0.2) is 0 Å². The molecule has 1 N–H and O–H groups in total. The maximum atomic E-state index is 4.38. The highest BCUT2D eigenvalue weighted by atomic mass is 14.9. The lowest BCUT2D eigenvalue weighted by Gasteiger charge is -2.26. The van der Waals surface area contributed by atoms with Crippen molar-refractivity contribution in [2.45, 2.75) is 38.8 Å². The van der Waals surface area contributed by atoms with Crippen LogP contribution in [-0.4, -0.2) is 16.0 Å². The van der Waals surface area contributed by atoms with Gasteiger partial charge in [0.05, 0.1) is 11.4 Å². The maximum absolute atomic E-state index is 4.38. The van der Waals surface area contributed by atoms with Gasteiger partial charge in [-0.05, 0) is 19.8 Å². The van der Waals surface area contributed by atoms with Crippen LogP contribution in [0.3, 0.4) is 0 Å². The predicted octanol–water partition coefficient (Wildman–Crippen LogP) is 1.43. The minimum atomic E-state index is 0.724. The fourth-order valence-electron chi connectivity index (χ4n) is 1.46. The van der Waals surface area contributed by atoms with Crippen molar-refractivity contribution in [2.75, 3.05) is 0 Å². The van der Waals surface area contributed by atoms with E-state index in [1.54, 1.807) is 6.20 Å². The van der Waals surface area contributed by atoms with Gasteiger partial charge in [-0.15, -0.1) is 0 Å². The van der Waals surface area contributed by atoms with Crippen LogP contribution in [0.5, 0.6) is 0 Å². The second-order valence-electron chi connectivity index (χ2n) is 3.66. The summed E-state index contributed by atoms with van der Waals surface area (Å²) in [4.78, 5) is 8.48. The molecule has 1 aromatic heterocycles. The molecule has 3 nitrogen and oxygen atoms in total. The topological polar surface area (TPSA) is 37.8 Å². The molecule has 1 aliphatic carbocycles. The van der Waals surface area contributed by atoms with Crippen LogP contribution >= 0.6 is 0 Å². The van der Waals surface area contributed by atoms with Crippen molar-refractivity contribution in [1.29, 1.82) is 0 Å². The Morgan fingerprint density at radius 3 is 2.92 bits per heavy atom. The van der Waals surface area contributed by atoms with Crippen molar-refractivity contribution >= 4 is 0 Å². The summed E-state index contributed by atoms with van der Waals surface area (Å²) in [6.07, 6.45) is 7.63. The molecule has 1 fully saturated rings. The smallest absolute Gasteiger partial charge is 0.0727 e. The van der Waals surface area contributed by atoms with E-state index in [2.05, 4.69) is 15.3 Å². The Morgan fingerprint density at radius 1 is 1.46 bits per heavy atom. The predicted molar refractivity (Wildman–Crippen MR) is 51.2 cm³/mol. The zero-order valence-electron chi connectivity index (χ0n) is 7.95. The van der Waals surface area contributed by atoms with Crippen molar-refractivity contribution in [1.82, 2.24) is 15.3 Å². The van der Waals surface area contributed by atoms with Crippen LogP contribution in [0.1, 0.15) is 30.7 Å². The standard InChI is InChI=1S/C10H15N3/c1-8-5-11-6-10(13-8)7-12-9-3-2-4-9/h5-6,9,12H,2-4,7H2,1H3. The van der Waals surface area contributed by atoms with Gasteiger partial charge in [0.25, 0.3) is 0 Å². The second-order valence-corrected chi connectivity index (χ2v) is 3.66. The third-order valence-corrected chi connectivity index (χ3v) is 2.48. The first-order chi connectivity index (χ1) is 6.34. The molecular formula is C10H15N3. The van der Waals surface area contributed by atoms with Gasteiger partial charge in [-0.1, -0.05) is 6.42 Å². The van der Waals surface area contributed by atoms with Gasteiger partial charge in [-0.3, -0.25) is 9.97 Å². The Bertz CT molecular complexity index is 281. The summed E-state index contributed by atoms with van der Waals surface area (Å²) in [7, 11) is 0. The van der Waals surface area contributed by atoms with Crippen molar-refractivity contribution in [3.8, 4) is 0 Å². The van der Waals surface area contributed by atoms with Crippen LogP contribution in [0.2, 0.25) is 0 Å². The summed E-state index contributed by atoms with van der Waals surface area (Å²) in [6.45, 7) is 2.83. The normalized spacial score (nSPS) is 17.0. The van der Waals surface area contributed by atoms with Crippen molar-refractivity contribution < 1.29 is 0 Å². The summed E-state index contributed by atoms with van der Waals surface area (Å²) in [6, 6.07) is 0.724. The van der Waals surface area contributed by atoms with Gasteiger partial charge in [0, 0.05) is 25.0 Å². The average Bonchev–Trinajstić information content (AvgIpc) is 2.01. The van der Waals surface area contributed by atoms with E-state index in [0.29, 0.717) is 0 Å². The molecule has 0 radical (unpaired) electrons. The molecular weight excluding hydrogens is 162 g/mol. The van der Waals surface area contributed by atoms with Gasteiger partial charge in [0.2, 0.25) is 0 Å². The number of nitrogens with zero attached hydrogens (tertiary/aromatic N) is 2. The maximum Gasteiger partial charge on any atom is 0.0727 e. The number of nitrogens with one attached hydrogen (secondary N) is 1. The van der Waals surface area contributed by atoms with Crippen LogP contribution in [0.15, 0.2) is 12.4 Å². The Balaban J connectivity index is 1.86. The van der Waals surface area contributed by atoms with E-state index in [9.17, 15) is 0 Å². The van der Waals surface area contributed by atoms with E-state index in [1.807, 2.05) is 13.1 Å². The fraction of sp³-hybridized carbons (Fsp3) is 0.600. The largest absolute Gasteiger partial charge is 0.308 e. The number of hydrogen-bond donors (Lipinski definition) is 1. The molecule has 0 aromatic carbocycles. The molecule has 13 heavy (non-hydrogen) atoms. The first-order valence-corrected chi connectivity index (χ1v) is 4.85. The SMILES string of the molecule is Cc1cncc(CNC2CCC2)n1. The molecule has 0 aliphatic heterocycles. The van der Waals surface area contributed by atoms with E-state index in [4.69, 9.17) is 0 Å². The highest BCUT2D eigenvalue weighted by Crippen LogP contribution is 2.18. The minimum Gasteiger partial charge on any atom is -0.308 e. The Hall–Kier alpha value is -0.960. The summed E-state index contributed by atoms with van der Waals surface area (Å²) in [5.74, 6) is 0. The summed E-state index contributed by atoms with van der Waals surface area (Å²) >= 11 is 0. The van der Waals surface area contributed by atoms with Crippen molar-refractivity contribution in [3.05, 3.63) is 23.8 Å². The van der Waals surface area contributed by atoms with Crippen LogP contribution in [0.25, 0.3) is 0 Å². The zero-order chi connectivity index (χ0) is 9.10. The lowest BCUT2D eigenvalue weighted by Crippen LogP contribution is -2.34. The number of aromatic nitrogens is 2. The van der Waals surface area contributed by atoms with Crippen LogP contribution in [-0.2, 0) is 6.54 Å². The quantitative estimate of drug-likeness (QED) is 0.759. The first kappa shape index (κ1) is 8.63. The number of aryl methyl sites for hydroxylation is 1. The van der Waals surface area contributed by atoms with Gasteiger partial charge in [-0.2, -0.15) is 0 Å². The van der Waals surface area contributed by atoms with E-state index in [1.165, 1.54) is 19.3 Å². The Labute approximate surface area is 78.6 Å². The lowest BCUT2D eigenvalue weighted by molar-refractivity contribution is 0.336. The zero-order valence-corrected chi connectivity index (χ0v) is 7.95. The molecule has 0 atom stereocenters. The highest BCUT2D eigenvalue weighted by molar-refractivity contribution is 5.01. The van der Waals surface area contributed by atoms with Crippen molar-refractivity contribution in [3.63, 3.8) is 0 Å². The van der Waals surface area contributed by atoms with E-state index >= 15 is 0 Å². The third kappa shape index (κ3) is 2.25. The third-order valence-electron chi connectivity index (χ3n) is 2.48. The highest BCUT2D eigenvalue weighted by Gasteiger charge is 2.16. The van der Waals surface area contributed by atoms with E-state index < -0.39 is 0 Å². The fourth-order valence-corrected chi connectivity index (χ4v) is 1.46. The molecule has 1 aliphatic rings. The summed E-state index contributed by atoms with van der Waals surface area (Å²) in [5.41, 5.74) is 2.04. The molecule has 1 heterocycles. The van der Waals surface area contributed by atoms with Gasteiger partial charge < -0.3 is 5.32 Å². The molecule has 0 unspecified atom stereocenters. The molecule has 0 spiro atoms. The van der Waals surface area contributed by atoms with Gasteiger partial charge >= 0.3 is 0 Å². The lowest BCUT2D eigenvalue weighted by atomic mass is 9.93. The number of hydrogen-bond acceptors (Lipinski definition) is 3. The van der Waals surface area contributed by atoms with Crippen molar-refractivity contribution in [2.24, 2.45) is 0 Å². The molecule has 1 saturated carbocycles. The Morgan fingerprint density at radius 2 is 2.31 bits per heavy atom. The number of rotatable bonds is 3. The molecule has 70 valence electrons. The average molecular weight is 177 g/mol. The van der Waals surface area contributed by atoms with Gasteiger partial charge in [-0.25, -0.2) is 0 Å². The van der Waals surface area contributed by atoms with Gasteiger partial charge in [0.1, 0.15) is 0 Å². The van der Waals surface area contributed by atoms with Crippen LogP contribution in [0, 0.1) is 6.92 Å². The van der Waals surface area contributed by atoms with Crippen LogP contribution in [0.4, 0.5) is 0 Å². The second kappa shape index (κ2) is 3.83. The van der Waals surface area contributed by atoms with E-state index in [0.717, 1.165) is 24.0 Å². The van der Waals surface area contributed by atoms with Crippen LogP contribution < -0.4 is 5.32 Å². The summed E-state index contributed by atoms with van der Waals surface area (Å²) in [5, 5.41) is 3.46. The molecule has 0 bridgehead atoms. The minimum absolute atomic E-state index is 0.724. The molecule has 0 amide bonds. The summed E-state index contributed by atoms with van der Waals surface area (Å²) < 4.78 is 0. The molecule has 0 saturated heterocycles. The first-order valence-electron chi connectivity index (χ1n) is 4.85. The molecule has 2 rings (SSSR count). The molecule has 3 heteroatoms. The molecule has 1 aromatic rings. The van der Waals surface area contributed by atoms with E-state index in [-0.39, 0.29) is 0 Å².